The Kier molecular flexibility index (Phi) is 10.6. The van der Waals surface area contributed by atoms with Crippen molar-refractivity contribution in [2.45, 2.75) is 77.6 Å². The smallest absolute Gasteiger partial charge is 0.219 e. The molecule has 0 radical (unpaired) electrons. The third kappa shape index (κ3) is 8.70. The zero-order chi connectivity index (χ0) is 22.3. The molecule has 32 heavy (non-hydrogen) atoms. The van der Waals surface area contributed by atoms with Gasteiger partial charge in [-0.2, -0.15) is 0 Å². The average Bonchev–Trinajstić information content (AvgIpc) is 2.83. The molecule has 0 aliphatic carbocycles. The SMILES string of the molecule is CCCCCCCCCCCCc1ccc(Oc2ccccn2)cc1Oc1ccccn1. The predicted molar refractivity (Wildman–Crippen MR) is 131 cm³/mol. The maximum Gasteiger partial charge on any atom is 0.219 e. The quantitative estimate of drug-likeness (QED) is 0.226. The summed E-state index contributed by atoms with van der Waals surface area (Å²) in [5.74, 6) is 2.67. The second-order valence-electron chi connectivity index (χ2n) is 8.24. The molecule has 0 bridgehead atoms. The highest BCUT2D eigenvalue weighted by Crippen LogP contribution is 2.31. The Morgan fingerprint density at radius 2 is 1.22 bits per heavy atom. The molecule has 0 N–H and O–H groups in total. The van der Waals surface area contributed by atoms with Crippen molar-refractivity contribution in [3.63, 3.8) is 0 Å². The van der Waals surface area contributed by atoms with E-state index in [-0.39, 0.29) is 0 Å². The van der Waals surface area contributed by atoms with Crippen LogP contribution in [0, 0.1) is 0 Å². The van der Waals surface area contributed by atoms with E-state index in [0.29, 0.717) is 17.5 Å². The van der Waals surface area contributed by atoms with Crippen LogP contribution in [0.1, 0.15) is 76.7 Å². The lowest BCUT2D eigenvalue weighted by atomic mass is 10.0. The molecule has 0 saturated carbocycles. The van der Waals surface area contributed by atoms with Crippen LogP contribution in [0.2, 0.25) is 0 Å². The van der Waals surface area contributed by atoms with Crippen molar-refractivity contribution in [1.82, 2.24) is 9.97 Å². The Labute approximate surface area is 193 Å². The summed E-state index contributed by atoms with van der Waals surface area (Å²) in [5, 5.41) is 0. The van der Waals surface area contributed by atoms with Gasteiger partial charge in [-0.25, -0.2) is 9.97 Å². The van der Waals surface area contributed by atoms with Gasteiger partial charge >= 0.3 is 0 Å². The zero-order valence-corrected chi connectivity index (χ0v) is 19.3. The van der Waals surface area contributed by atoms with Crippen LogP contribution in [0.25, 0.3) is 0 Å². The molecule has 2 heterocycles. The molecule has 0 unspecified atom stereocenters. The van der Waals surface area contributed by atoms with Crippen molar-refractivity contribution in [3.05, 3.63) is 72.6 Å². The van der Waals surface area contributed by atoms with Crippen molar-refractivity contribution in [2.24, 2.45) is 0 Å². The largest absolute Gasteiger partial charge is 0.439 e. The van der Waals surface area contributed by atoms with Crippen LogP contribution in [-0.2, 0) is 6.42 Å². The molecule has 0 aliphatic heterocycles. The second-order valence-corrected chi connectivity index (χ2v) is 8.24. The van der Waals surface area contributed by atoms with E-state index in [1.807, 2.05) is 48.5 Å². The molecular formula is C28H36N2O2. The van der Waals surface area contributed by atoms with Crippen LogP contribution in [0.4, 0.5) is 0 Å². The molecule has 0 saturated heterocycles. The molecule has 1 aromatic carbocycles. The standard InChI is InChI=1S/C28H36N2O2/c1-2-3-4-5-6-7-8-9-10-11-16-24-19-20-25(31-27-17-12-14-21-29-27)23-26(24)32-28-18-13-15-22-30-28/h12-15,17-23H,2-11,16H2,1H3. The fourth-order valence-corrected chi connectivity index (χ4v) is 3.75. The van der Waals surface area contributed by atoms with Gasteiger partial charge in [-0.05, 0) is 36.6 Å². The van der Waals surface area contributed by atoms with Crippen LogP contribution in [0.3, 0.4) is 0 Å². The molecular weight excluding hydrogens is 396 g/mol. The number of hydrogen-bond donors (Lipinski definition) is 0. The number of aromatic nitrogens is 2. The van der Waals surface area contributed by atoms with Crippen LogP contribution in [-0.4, -0.2) is 9.97 Å². The van der Waals surface area contributed by atoms with Crippen molar-refractivity contribution in [3.8, 4) is 23.3 Å². The van der Waals surface area contributed by atoms with Crippen molar-refractivity contribution < 1.29 is 9.47 Å². The van der Waals surface area contributed by atoms with Gasteiger partial charge in [0.2, 0.25) is 11.8 Å². The Hall–Kier alpha value is -2.88. The summed E-state index contributed by atoms with van der Waals surface area (Å²) in [5.41, 5.74) is 1.18. The first-order valence-corrected chi connectivity index (χ1v) is 12.2. The number of hydrogen-bond acceptors (Lipinski definition) is 4. The number of nitrogens with zero attached hydrogens (tertiary/aromatic N) is 2. The third-order valence-electron chi connectivity index (χ3n) is 5.55. The number of rotatable bonds is 15. The maximum atomic E-state index is 6.12. The van der Waals surface area contributed by atoms with Crippen LogP contribution < -0.4 is 9.47 Å². The normalized spacial score (nSPS) is 10.8. The topological polar surface area (TPSA) is 44.2 Å². The fraction of sp³-hybridized carbons (Fsp3) is 0.429. The van der Waals surface area contributed by atoms with E-state index in [0.717, 1.165) is 18.6 Å². The van der Waals surface area contributed by atoms with Gasteiger partial charge in [-0.3, -0.25) is 0 Å². The van der Waals surface area contributed by atoms with Crippen LogP contribution >= 0.6 is 0 Å². The van der Waals surface area contributed by atoms with Crippen LogP contribution in [0.5, 0.6) is 23.3 Å². The van der Waals surface area contributed by atoms with E-state index in [1.54, 1.807) is 12.4 Å². The van der Waals surface area contributed by atoms with E-state index in [1.165, 1.54) is 63.4 Å². The first-order valence-electron chi connectivity index (χ1n) is 12.2. The molecule has 170 valence electrons. The molecule has 0 fully saturated rings. The lowest BCUT2D eigenvalue weighted by Crippen LogP contribution is -1.96. The molecule has 4 heteroatoms. The minimum Gasteiger partial charge on any atom is -0.439 e. The molecule has 3 aromatic rings. The second kappa shape index (κ2) is 14.2. The Balaban J connectivity index is 1.52. The summed E-state index contributed by atoms with van der Waals surface area (Å²) < 4.78 is 12.0. The van der Waals surface area contributed by atoms with Gasteiger partial charge in [-0.15, -0.1) is 0 Å². The molecule has 2 aromatic heterocycles. The minimum absolute atomic E-state index is 0.568. The summed E-state index contributed by atoms with van der Waals surface area (Å²) in [7, 11) is 0. The first kappa shape index (κ1) is 23.8. The molecule has 4 nitrogen and oxygen atoms in total. The van der Waals surface area contributed by atoms with Gasteiger partial charge in [0.25, 0.3) is 0 Å². The van der Waals surface area contributed by atoms with E-state index in [9.17, 15) is 0 Å². The van der Waals surface area contributed by atoms with E-state index < -0.39 is 0 Å². The fourth-order valence-electron chi connectivity index (χ4n) is 3.75. The number of pyridine rings is 2. The number of aryl methyl sites for hydroxylation is 1. The number of ether oxygens (including phenoxy) is 2. The number of benzene rings is 1. The summed E-state index contributed by atoms with van der Waals surface area (Å²) >= 11 is 0. The summed E-state index contributed by atoms with van der Waals surface area (Å²) in [6.07, 6.45) is 17.8. The first-order chi connectivity index (χ1) is 15.8. The highest BCUT2D eigenvalue weighted by atomic mass is 16.5. The van der Waals surface area contributed by atoms with Gasteiger partial charge in [0, 0.05) is 30.6 Å². The Morgan fingerprint density at radius 3 is 1.81 bits per heavy atom. The van der Waals surface area contributed by atoms with Crippen molar-refractivity contribution in [1.29, 1.82) is 0 Å². The predicted octanol–water partition coefficient (Wildman–Crippen LogP) is 8.52. The lowest BCUT2D eigenvalue weighted by Gasteiger charge is -2.13. The van der Waals surface area contributed by atoms with Gasteiger partial charge in [0.1, 0.15) is 11.5 Å². The van der Waals surface area contributed by atoms with E-state index in [2.05, 4.69) is 23.0 Å². The molecule has 0 atom stereocenters. The van der Waals surface area contributed by atoms with E-state index in [4.69, 9.17) is 9.47 Å². The summed E-state index contributed by atoms with van der Waals surface area (Å²) in [6.45, 7) is 2.27. The molecule has 0 spiro atoms. The van der Waals surface area contributed by atoms with Gasteiger partial charge in [0.15, 0.2) is 0 Å². The van der Waals surface area contributed by atoms with Crippen molar-refractivity contribution >= 4 is 0 Å². The highest BCUT2D eigenvalue weighted by Gasteiger charge is 2.09. The van der Waals surface area contributed by atoms with Gasteiger partial charge in [-0.1, -0.05) is 82.9 Å². The zero-order valence-electron chi connectivity index (χ0n) is 19.3. The monoisotopic (exact) mass is 432 g/mol. The van der Waals surface area contributed by atoms with Crippen molar-refractivity contribution in [2.75, 3.05) is 0 Å². The summed E-state index contributed by atoms with van der Waals surface area (Å²) in [4.78, 5) is 8.55. The van der Waals surface area contributed by atoms with Crippen LogP contribution in [0.15, 0.2) is 67.0 Å². The Bertz CT molecular complexity index is 884. The third-order valence-corrected chi connectivity index (χ3v) is 5.55. The minimum atomic E-state index is 0.568. The lowest BCUT2D eigenvalue weighted by molar-refractivity contribution is 0.437. The van der Waals surface area contributed by atoms with Gasteiger partial charge in [0.05, 0.1) is 0 Å². The molecule has 3 rings (SSSR count). The summed E-state index contributed by atoms with van der Waals surface area (Å²) in [6, 6.07) is 17.3. The highest BCUT2D eigenvalue weighted by molar-refractivity contribution is 5.43. The average molecular weight is 433 g/mol. The van der Waals surface area contributed by atoms with Gasteiger partial charge < -0.3 is 9.47 Å². The Morgan fingerprint density at radius 1 is 0.625 bits per heavy atom. The molecule has 0 aliphatic rings. The number of unbranched alkanes of at least 4 members (excludes halogenated alkanes) is 9. The molecule has 0 amide bonds. The maximum absolute atomic E-state index is 6.12. The van der Waals surface area contributed by atoms with E-state index >= 15 is 0 Å².